The summed E-state index contributed by atoms with van der Waals surface area (Å²) in [5.41, 5.74) is 0.872. The molecular formula is C13H13BrFN3O. The predicted octanol–water partition coefficient (Wildman–Crippen LogP) is 1.64. The molecule has 2 heterocycles. The van der Waals surface area contributed by atoms with E-state index in [1.54, 1.807) is 6.07 Å². The fourth-order valence-corrected chi connectivity index (χ4v) is 2.73. The van der Waals surface area contributed by atoms with E-state index in [1.165, 1.54) is 6.07 Å². The molecule has 2 aliphatic rings. The van der Waals surface area contributed by atoms with Gasteiger partial charge in [0.05, 0.1) is 30.5 Å². The number of ether oxygens (including phenoxy) is 1. The summed E-state index contributed by atoms with van der Waals surface area (Å²) in [4.78, 5) is 1.97. The lowest BCUT2D eigenvalue weighted by atomic mass is 10.0. The van der Waals surface area contributed by atoms with Crippen molar-refractivity contribution < 1.29 is 9.13 Å². The van der Waals surface area contributed by atoms with Crippen LogP contribution >= 0.6 is 15.9 Å². The Balaban J connectivity index is 1.64. The van der Waals surface area contributed by atoms with Gasteiger partial charge in [-0.15, -0.1) is 0 Å². The zero-order chi connectivity index (χ0) is 13.4. The number of nitrogens with one attached hydrogen (secondary N) is 1. The topological polar surface area (TPSA) is 48.3 Å². The average Bonchev–Trinajstić information content (AvgIpc) is 2.28. The third-order valence-electron chi connectivity index (χ3n) is 3.49. The number of hydrogen-bond donors (Lipinski definition) is 1. The predicted molar refractivity (Wildman–Crippen MR) is 72.6 cm³/mol. The van der Waals surface area contributed by atoms with Crippen molar-refractivity contribution in [1.29, 1.82) is 5.26 Å². The van der Waals surface area contributed by atoms with Gasteiger partial charge in [-0.05, 0) is 28.1 Å². The smallest absolute Gasteiger partial charge is 0.147 e. The van der Waals surface area contributed by atoms with E-state index in [2.05, 4.69) is 21.2 Å². The van der Waals surface area contributed by atoms with Gasteiger partial charge in [-0.25, -0.2) is 4.39 Å². The number of rotatable bonds is 3. The van der Waals surface area contributed by atoms with Crippen LogP contribution in [0.25, 0.3) is 0 Å². The van der Waals surface area contributed by atoms with Gasteiger partial charge in [0.1, 0.15) is 11.9 Å². The van der Waals surface area contributed by atoms with Gasteiger partial charge in [0, 0.05) is 23.6 Å². The minimum absolute atomic E-state index is 0.322. The molecule has 19 heavy (non-hydrogen) atoms. The molecule has 2 fully saturated rings. The maximum Gasteiger partial charge on any atom is 0.147 e. The lowest BCUT2D eigenvalue weighted by molar-refractivity contribution is -0.0114. The largest absolute Gasteiger partial charge is 0.378 e. The molecule has 1 aromatic carbocycles. The molecule has 6 heteroatoms. The first-order valence-electron chi connectivity index (χ1n) is 6.15. The van der Waals surface area contributed by atoms with Crippen molar-refractivity contribution in [2.24, 2.45) is 0 Å². The van der Waals surface area contributed by atoms with Crippen molar-refractivity contribution in [1.82, 2.24) is 5.32 Å². The molecule has 3 rings (SSSR count). The first kappa shape index (κ1) is 12.9. The molecule has 100 valence electrons. The highest BCUT2D eigenvalue weighted by molar-refractivity contribution is 9.10. The van der Waals surface area contributed by atoms with Gasteiger partial charge < -0.3 is 15.0 Å². The van der Waals surface area contributed by atoms with Gasteiger partial charge in [0.15, 0.2) is 0 Å². The second-order valence-corrected chi connectivity index (χ2v) is 5.75. The summed E-state index contributed by atoms with van der Waals surface area (Å²) in [6, 6.07) is 5.75. The van der Waals surface area contributed by atoms with Crippen LogP contribution in [0.1, 0.15) is 5.56 Å². The van der Waals surface area contributed by atoms with Crippen molar-refractivity contribution in [3.05, 3.63) is 28.0 Å². The van der Waals surface area contributed by atoms with Crippen LogP contribution in [0.4, 0.5) is 10.1 Å². The molecule has 4 nitrogen and oxygen atoms in total. The van der Waals surface area contributed by atoms with E-state index in [4.69, 9.17) is 10.00 Å². The Labute approximate surface area is 119 Å². The van der Waals surface area contributed by atoms with Crippen LogP contribution < -0.4 is 10.2 Å². The fourth-order valence-electron chi connectivity index (χ4n) is 2.31. The van der Waals surface area contributed by atoms with Gasteiger partial charge in [-0.1, -0.05) is 0 Å². The number of nitriles is 1. The average molecular weight is 326 g/mol. The summed E-state index contributed by atoms with van der Waals surface area (Å²) in [6.45, 7) is 3.11. The molecular weight excluding hydrogens is 313 g/mol. The van der Waals surface area contributed by atoms with E-state index in [-0.39, 0.29) is 5.82 Å². The molecule has 0 bridgehead atoms. The lowest BCUT2D eigenvalue weighted by Gasteiger charge is -2.44. The van der Waals surface area contributed by atoms with E-state index in [9.17, 15) is 4.39 Å². The monoisotopic (exact) mass is 325 g/mol. The second kappa shape index (κ2) is 5.08. The van der Waals surface area contributed by atoms with Crippen LogP contribution in [0.3, 0.4) is 0 Å². The molecule has 0 radical (unpaired) electrons. The van der Waals surface area contributed by atoms with Crippen LogP contribution in [0.15, 0.2) is 16.6 Å². The number of benzene rings is 1. The summed E-state index contributed by atoms with van der Waals surface area (Å²) < 4.78 is 19.6. The van der Waals surface area contributed by atoms with Gasteiger partial charge in [0.2, 0.25) is 0 Å². The Morgan fingerprint density at radius 1 is 1.37 bits per heavy atom. The molecule has 0 saturated carbocycles. The molecule has 0 aliphatic carbocycles. The third-order valence-corrected chi connectivity index (χ3v) is 4.14. The van der Waals surface area contributed by atoms with Gasteiger partial charge in [0.25, 0.3) is 0 Å². The molecule has 0 amide bonds. The molecule has 0 aromatic heterocycles. The molecule has 2 saturated heterocycles. The van der Waals surface area contributed by atoms with E-state index in [0.29, 0.717) is 27.8 Å². The van der Waals surface area contributed by atoms with Crippen LogP contribution in [0, 0.1) is 17.1 Å². The Bertz CT molecular complexity index is 535. The molecule has 2 aliphatic heterocycles. The van der Waals surface area contributed by atoms with Gasteiger partial charge in [-0.3, -0.25) is 0 Å². The van der Waals surface area contributed by atoms with Crippen molar-refractivity contribution in [2.75, 3.05) is 31.2 Å². The Hall–Kier alpha value is -1.16. The lowest BCUT2D eigenvalue weighted by Crippen LogP contribution is -2.63. The highest BCUT2D eigenvalue weighted by Gasteiger charge is 2.32. The number of anilines is 1. The van der Waals surface area contributed by atoms with Crippen LogP contribution in [-0.2, 0) is 4.74 Å². The van der Waals surface area contributed by atoms with E-state index in [1.807, 2.05) is 11.0 Å². The summed E-state index contributed by atoms with van der Waals surface area (Å²) >= 11 is 3.29. The minimum atomic E-state index is -0.342. The zero-order valence-electron chi connectivity index (χ0n) is 10.2. The van der Waals surface area contributed by atoms with Crippen LogP contribution in [0.2, 0.25) is 0 Å². The summed E-state index contributed by atoms with van der Waals surface area (Å²) in [7, 11) is 0. The third kappa shape index (κ3) is 2.46. The van der Waals surface area contributed by atoms with Crippen LogP contribution in [-0.4, -0.2) is 38.4 Å². The normalized spacial score (nSPS) is 19.7. The zero-order valence-corrected chi connectivity index (χ0v) is 11.8. The summed E-state index contributed by atoms with van der Waals surface area (Å²) in [6.07, 6.45) is 0. The number of hydrogen-bond acceptors (Lipinski definition) is 4. The number of nitrogens with zero attached hydrogens (tertiary/aromatic N) is 2. The van der Waals surface area contributed by atoms with E-state index < -0.39 is 0 Å². The summed E-state index contributed by atoms with van der Waals surface area (Å²) in [5, 5.41) is 12.3. The Morgan fingerprint density at radius 3 is 2.68 bits per heavy atom. The standard InChI is InChI=1S/C13H13BrFN3O/c14-11-2-13(12(15)1-8(11)3-16)18-4-9(5-18)17-10-6-19-7-10/h1-2,9-10,17H,4-7H2. The Kier molecular flexibility index (Phi) is 3.44. The molecule has 0 spiro atoms. The van der Waals surface area contributed by atoms with Gasteiger partial charge >= 0.3 is 0 Å². The van der Waals surface area contributed by atoms with Crippen molar-refractivity contribution in [2.45, 2.75) is 12.1 Å². The summed E-state index contributed by atoms with van der Waals surface area (Å²) in [5.74, 6) is -0.342. The molecule has 1 aromatic rings. The molecule has 0 atom stereocenters. The number of halogens is 2. The quantitative estimate of drug-likeness (QED) is 0.917. The Morgan fingerprint density at radius 2 is 2.11 bits per heavy atom. The maximum absolute atomic E-state index is 13.9. The van der Waals surface area contributed by atoms with E-state index >= 15 is 0 Å². The first-order valence-corrected chi connectivity index (χ1v) is 6.94. The highest BCUT2D eigenvalue weighted by Crippen LogP contribution is 2.30. The highest BCUT2D eigenvalue weighted by atomic mass is 79.9. The minimum Gasteiger partial charge on any atom is -0.378 e. The SMILES string of the molecule is N#Cc1cc(F)c(N2CC(NC3COC3)C2)cc1Br. The van der Waals surface area contributed by atoms with Gasteiger partial charge in [-0.2, -0.15) is 5.26 Å². The first-order chi connectivity index (χ1) is 9.17. The van der Waals surface area contributed by atoms with Crippen molar-refractivity contribution in [3.63, 3.8) is 0 Å². The van der Waals surface area contributed by atoms with Crippen molar-refractivity contribution in [3.8, 4) is 6.07 Å². The van der Waals surface area contributed by atoms with Crippen LogP contribution in [0.5, 0.6) is 0 Å². The molecule has 0 unspecified atom stereocenters. The molecule has 1 N–H and O–H groups in total. The second-order valence-electron chi connectivity index (χ2n) is 4.90. The fraction of sp³-hybridized carbons (Fsp3) is 0.462. The maximum atomic E-state index is 13.9. The van der Waals surface area contributed by atoms with E-state index in [0.717, 1.165) is 26.3 Å². The van der Waals surface area contributed by atoms with Crippen molar-refractivity contribution >= 4 is 21.6 Å².